The molecule has 0 spiro atoms. The van der Waals surface area contributed by atoms with Crippen molar-refractivity contribution >= 4 is 17.6 Å². The number of nitrogens with zero attached hydrogens (tertiary/aromatic N) is 2. The van der Waals surface area contributed by atoms with Crippen molar-refractivity contribution in [2.45, 2.75) is 18.9 Å². The fraction of sp³-hybridized carbons (Fsp3) is 0.235. The van der Waals surface area contributed by atoms with Gasteiger partial charge in [-0.1, -0.05) is 23.7 Å². The van der Waals surface area contributed by atoms with Crippen LogP contribution >= 0.6 is 11.6 Å². The lowest BCUT2D eigenvalue weighted by molar-refractivity contribution is -0.147. The first kappa shape index (κ1) is 15.0. The van der Waals surface area contributed by atoms with Crippen LogP contribution in [0, 0.1) is 5.92 Å². The van der Waals surface area contributed by atoms with E-state index in [0.29, 0.717) is 16.5 Å². The van der Waals surface area contributed by atoms with Gasteiger partial charge in [0.15, 0.2) is 6.61 Å². The molecule has 7 heteroatoms. The average Bonchev–Trinajstić information content (AvgIpc) is 3.00. The Hall–Kier alpha value is -2.60. The van der Waals surface area contributed by atoms with Gasteiger partial charge < -0.3 is 13.6 Å². The third kappa shape index (κ3) is 2.92. The van der Waals surface area contributed by atoms with E-state index >= 15 is 0 Å². The normalized spacial score (nSPS) is 19.2. The monoisotopic (exact) mass is 344 g/mol. The number of halogens is 1. The van der Waals surface area contributed by atoms with E-state index in [-0.39, 0.29) is 30.3 Å². The molecule has 6 nitrogen and oxygen atoms in total. The average molecular weight is 345 g/mol. The molecule has 0 unspecified atom stereocenters. The number of rotatable bonds is 5. The molecule has 2 aromatic heterocycles. The first-order valence-corrected chi connectivity index (χ1v) is 7.87. The zero-order valence-electron chi connectivity index (χ0n) is 12.5. The van der Waals surface area contributed by atoms with E-state index in [9.17, 15) is 4.79 Å². The second-order valence-corrected chi connectivity index (χ2v) is 5.96. The summed E-state index contributed by atoms with van der Waals surface area (Å²) in [4.78, 5) is 12.0. The zero-order chi connectivity index (χ0) is 16.5. The maximum Gasteiger partial charge on any atom is 0.310 e. The molecule has 24 heavy (non-hydrogen) atoms. The minimum Gasteiger partial charge on any atom is -0.469 e. The van der Waals surface area contributed by atoms with Crippen molar-refractivity contribution in [2.24, 2.45) is 5.92 Å². The van der Waals surface area contributed by atoms with Gasteiger partial charge in [0.1, 0.15) is 5.76 Å². The summed E-state index contributed by atoms with van der Waals surface area (Å²) >= 11 is 6.09. The number of ether oxygens (including phenoxy) is 1. The van der Waals surface area contributed by atoms with Gasteiger partial charge in [0, 0.05) is 5.92 Å². The van der Waals surface area contributed by atoms with Crippen LogP contribution in [0.2, 0.25) is 5.02 Å². The minimum absolute atomic E-state index is 0.0579. The largest absolute Gasteiger partial charge is 0.469 e. The summed E-state index contributed by atoms with van der Waals surface area (Å²) in [5, 5.41) is 8.33. The lowest BCUT2D eigenvalue weighted by Crippen LogP contribution is -2.08. The van der Waals surface area contributed by atoms with Gasteiger partial charge in [-0.25, -0.2) is 0 Å². The van der Waals surface area contributed by atoms with E-state index in [1.54, 1.807) is 18.4 Å². The van der Waals surface area contributed by atoms with Crippen LogP contribution < -0.4 is 0 Å². The van der Waals surface area contributed by atoms with Crippen LogP contribution in [-0.2, 0) is 16.1 Å². The summed E-state index contributed by atoms with van der Waals surface area (Å²) in [6.07, 6.45) is 2.34. The number of benzene rings is 1. The smallest absolute Gasteiger partial charge is 0.310 e. The summed E-state index contributed by atoms with van der Waals surface area (Å²) in [6.45, 7) is -0.0579. The highest BCUT2D eigenvalue weighted by Gasteiger charge is 2.47. The number of carbonyl (C=O) groups is 1. The van der Waals surface area contributed by atoms with Crippen molar-refractivity contribution in [1.29, 1.82) is 0 Å². The fourth-order valence-corrected chi connectivity index (χ4v) is 2.78. The second-order valence-electron chi connectivity index (χ2n) is 5.55. The summed E-state index contributed by atoms with van der Waals surface area (Å²) < 4.78 is 16.1. The Kier molecular flexibility index (Phi) is 3.82. The first-order chi connectivity index (χ1) is 11.7. The molecule has 2 atom stereocenters. The molecule has 1 aliphatic rings. The van der Waals surface area contributed by atoms with Crippen molar-refractivity contribution in [3.63, 3.8) is 0 Å². The summed E-state index contributed by atoms with van der Waals surface area (Å²) in [7, 11) is 0. The second kappa shape index (κ2) is 6.13. The topological polar surface area (TPSA) is 78.4 Å². The molecular weight excluding hydrogens is 332 g/mol. The summed E-state index contributed by atoms with van der Waals surface area (Å²) in [5.74, 6) is 1.00. The van der Waals surface area contributed by atoms with E-state index in [4.69, 9.17) is 25.2 Å². The standard InChI is InChI=1S/C17H13ClN2O4/c18-13-5-2-1-4-10(13)16-20-19-15(24-16)9-23-17(21)12-8-11(12)14-6-3-7-22-14/h1-7,11-12H,8-9H2/t11-,12+/m0/s1. The molecule has 122 valence electrons. The molecule has 1 aliphatic carbocycles. The van der Waals surface area contributed by atoms with Crippen molar-refractivity contribution < 1.29 is 18.4 Å². The fourth-order valence-electron chi connectivity index (χ4n) is 2.57. The highest BCUT2D eigenvalue weighted by atomic mass is 35.5. The Balaban J connectivity index is 1.36. The van der Waals surface area contributed by atoms with Gasteiger partial charge in [0.2, 0.25) is 5.89 Å². The number of carbonyl (C=O) groups excluding carboxylic acids is 1. The quantitative estimate of drug-likeness (QED) is 0.654. The van der Waals surface area contributed by atoms with Gasteiger partial charge in [0.25, 0.3) is 5.89 Å². The third-order valence-corrected chi connectivity index (χ3v) is 4.24. The van der Waals surface area contributed by atoms with Gasteiger partial charge in [-0.3, -0.25) is 4.79 Å². The Morgan fingerprint density at radius 3 is 2.92 bits per heavy atom. The van der Waals surface area contributed by atoms with Crippen molar-refractivity contribution in [3.05, 3.63) is 59.3 Å². The molecule has 1 saturated carbocycles. The molecule has 0 saturated heterocycles. The van der Waals surface area contributed by atoms with Crippen molar-refractivity contribution in [2.75, 3.05) is 0 Å². The maximum absolute atomic E-state index is 12.0. The van der Waals surface area contributed by atoms with Crippen molar-refractivity contribution in [3.8, 4) is 11.5 Å². The number of aromatic nitrogens is 2. The van der Waals surface area contributed by atoms with Gasteiger partial charge >= 0.3 is 5.97 Å². The summed E-state index contributed by atoms with van der Waals surface area (Å²) in [5.41, 5.74) is 0.643. The van der Waals surface area contributed by atoms with Crippen LogP contribution in [0.25, 0.3) is 11.5 Å². The maximum atomic E-state index is 12.0. The minimum atomic E-state index is -0.283. The van der Waals surface area contributed by atoms with E-state index in [1.165, 1.54) is 0 Å². The SMILES string of the molecule is O=C(OCc1nnc(-c2ccccc2Cl)o1)[C@@H]1C[C@@H]1c1ccco1. The Labute approximate surface area is 142 Å². The molecule has 1 aromatic carbocycles. The molecule has 0 amide bonds. The molecule has 0 bridgehead atoms. The number of hydrogen-bond donors (Lipinski definition) is 0. The molecular formula is C17H13ClN2O4. The Morgan fingerprint density at radius 1 is 1.25 bits per heavy atom. The first-order valence-electron chi connectivity index (χ1n) is 7.49. The number of hydrogen-bond acceptors (Lipinski definition) is 6. The Bertz CT molecular complexity index is 859. The molecule has 0 aliphatic heterocycles. The third-order valence-electron chi connectivity index (χ3n) is 3.91. The van der Waals surface area contributed by atoms with Gasteiger partial charge in [-0.15, -0.1) is 10.2 Å². The summed E-state index contributed by atoms with van der Waals surface area (Å²) in [6, 6.07) is 10.8. The number of esters is 1. The predicted molar refractivity (Wildman–Crippen MR) is 84.1 cm³/mol. The van der Waals surface area contributed by atoms with Crippen LogP contribution in [0.5, 0.6) is 0 Å². The molecule has 0 N–H and O–H groups in total. The van der Waals surface area contributed by atoms with E-state index < -0.39 is 0 Å². The van der Waals surface area contributed by atoms with Crippen LogP contribution in [0.3, 0.4) is 0 Å². The van der Waals surface area contributed by atoms with Crippen LogP contribution in [0.1, 0.15) is 24.0 Å². The Morgan fingerprint density at radius 2 is 2.12 bits per heavy atom. The molecule has 0 radical (unpaired) electrons. The molecule has 3 aromatic rings. The molecule has 4 rings (SSSR count). The highest BCUT2D eigenvalue weighted by molar-refractivity contribution is 6.33. The van der Waals surface area contributed by atoms with Crippen LogP contribution in [0.4, 0.5) is 0 Å². The highest BCUT2D eigenvalue weighted by Crippen LogP contribution is 2.48. The van der Waals surface area contributed by atoms with Gasteiger partial charge in [-0.05, 0) is 30.7 Å². The zero-order valence-corrected chi connectivity index (χ0v) is 13.3. The molecule has 1 fully saturated rings. The van der Waals surface area contributed by atoms with E-state index in [2.05, 4.69) is 10.2 Å². The van der Waals surface area contributed by atoms with Crippen LogP contribution in [-0.4, -0.2) is 16.2 Å². The van der Waals surface area contributed by atoms with Crippen molar-refractivity contribution in [1.82, 2.24) is 10.2 Å². The van der Waals surface area contributed by atoms with E-state index in [0.717, 1.165) is 12.2 Å². The lowest BCUT2D eigenvalue weighted by atomic mass is 10.2. The van der Waals surface area contributed by atoms with Crippen LogP contribution in [0.15, 0.2) is 51.5 Å². The van der Waals surface area contributed by atoms with Gasteiger partial charge in [0.05, 0.1) is 22.8 Å². The molecule has 2 heterocycles. The van der Waals surface area contributed by atoms with E-state index in [1.807, 2.05) is 24.3 Å². The van der Waals surface area contributed by atoms with Gasteiger partial charge in [-0.2, -0.15) is 0 Å². The predicted octanol–water partition coefficient (Wildman–Crippen LogP) is 3.83. The lowest BCUT2D eigenvalue weighted by Gasteiger charge is -2.00. The number of furan rings is 1.